The Labute approximate surface area is 414 Å². The van der Waals surface area contributed by atoms with Crippen molar-refractivity contribution in [2.45, 2.75) is 227 Å². The average Bonchev–Trinajstić information content (AvgIpc) is 3.78. The fraction of sp³-hybridized carbons (Fsp3) is 0.852. The summed E-state index contributed by atoms with van der Waals surface area (Å²) in [5.74, 6) is 2.25. The topological polar surface area (TPSA) is 122 Å². The van der Waals surface area contributed by atoms with E-state index in [0.29, 0.717) is 72.6 Å². The van der Waals surface area contributed by atoms with E-state index < -0.39 is 8.34 Å². The van der Waals surface area contributed by atoms with E-state index >= 15 is 0 Å². The minimum atomic E-state index is -3.41. The summed E-state index contributed by atoms with van der Waals surface area (Å²) in [6, 6.07) is 4.22. The quantitative estimate of drug-likeness (QED) is 0.0465. The molecule has 0 fully saturated rings. The average molecular weight is 984 g/mol. The van der Waals surface area contributed by atoms with Gasteiger partial charge in [0.1, 0.15) is 5.69 Å². The molecule has 14 heteroatoms. The van der Waals surface area contributed by atoms with Crippen molar-refractivity contribution in [2.24, 2.45) is 0 Å². The number of aromatic nitrogens is 3. The van der Waals surface area contributed by atoms with Gasteiger partial charge >= 0.3 is 8.34 Å². The molecule has 2 rings (SSSR count). The lowest BCUT2D eigenvalue weighted by atomic mass is 10.1. The van der Waals surface area contributed by atoms with Gasteiger partial charge in [-0.3, -0.25) is 4.57 Å². The molecule has 0 aliphatic rings. The van der Waals surface area contributed by atoms with Gasteiger partial charge in [-0.1, -0.05) is 199 Å². The Morgan fingerprint density at radius 2 is 0.809 bits per heavy atom. The molecule has 0 saturated carbocycles. The molecule has 0 radical (unpaired) electrons. The summed E-state index contributed by atoms with van der Waals surface area (Å²) in [6.07, 6.45) is 40.4. The van der Waals surface area contributed by atoms with E-state index in [1.54, 1.807) is 0 Å². The highest BCUT2D eigenvalue weighted by Gasteiger charge is 2.17. The van der Waals surface area contributed by atoms with Crippen LogP contribution in [0.15, 0.2) is 18.3 Å². The molecule has 396 valence electrons. The Balaban J connectivity index is 1.98. The maximum atomic E-state index is 12.2. The van der Waals surface area contributed by atoms with Crippen molar-refractivity contribution in [1.82, 2.24) is 15.0 Å². The van der Waals surface area contributed by atoms with Crippen molar-refractivity contribution in [3.63, 3.8) is 0 Å². The molecule has 0 bridgehead atoms. The van der Waals surface area contributed by atoms with Gasteiger partial charge in [-0.25, -0.2) is 4.68 Å². The minimum absolute atomic E-state index is 0.0392. The third-order valence-electron chi connectivity index (χ3n) is 12.1. The van der Waals surface area contributed by atoms with Gasteiger partial charge in [0.15, 0.2) is 11.5 Å². The summed E-state index contributed by atoms with van der Waals surface area (Å²) in [7, 11) is -3.41. The van der Waals surface area contributed by atoms with Crippen LogP contribution in [0.1, 0.15) is 225 Å². The molecular weight excluding hydrogens is 885 g/mol. The molecule has 0 spiro atoms. The van der Waals surface area contributed by atoms with E-state index in [1.807, 2.05) is 10.9 Å². The predicted octanol–water partition coefficient (Wildman–Crippen LogP) is 15.2. The molecule has 0 saturated heterocycles. The van der Waals surface area contributed by atoms with Crippen molar-refractivity contribution >= 4 is 8.34 Å². The van der Waals surface area contributed by atoms with Crippen molar-refractivity contribution in [1.29, 1.82) is 0 Å². The number of rotatable bonds is 53. The third-order valence-corrected chi connectivity index (χ3v) is 12.5. The monoisotopic (exact) mass is 984 g/mol. The van der Waals surface area contributed by atoms with Gasteiger partial charge in [-0.05, 0) is 37.0 Å². The van der Waals surface area contributed by atoms with Crippen molar-refractivity contribution < 1.29 is 46.4 Å². The largest absolute Gasteiger partial charge is 0.490 e. The first-order chi connectivity index (χ1) is 33.6. The zero-order valence-corrected chi connectivity index (χ0v) is 44.5. The summed E-state index contributed by atoms with van der Waals surface area (Å²) in [5.41, 5.74) is 1.76. The molecular formula is C54H99FN3O9P. The van der Waals surface area contributed by atoms with Crippen LogP contribution in [0.4, 0.5) is 4.20 Å². The van der Waals surface area contributed by atoms with Crippen molar-refractivity contribution in [3.05, 3.63) is 29.6 Å². The standard InChI is InChI=1S/C54H99FN3O9P/c1-4-7-10-13-16-19-22-25-28-31-34-64-52-45-50(47-58-48-51(56-57-58)49-63-42-41-61-38-37-60-39-40-62-43-44-67-68(55)59)46-53(65-35-32-29-26-23-20-17-14-11-8-5-2)54(52)66-36-33-30-27-24-21-18-15-12-9-6-3/h45-46,48,68H,4-44,47,49H2,1-3H3. The Morgan fingerprint density at radius 3 is 1.21 bits per heavy atom. The number of nitrogens with zero attached hydrogens (tertiary/aromatic N) is 3. The van der Waals surface area contributed by atoms with Crippen LogP contribution in [0.25, 0.3) is 0 Å². The zero-order valence-electron chi connectivity index (χ0n) is 43.5. The second kappa shape index (κ2) is 47.1. The van der Waals surface area contributed by atoms with Crippen LogP contribution in [0, 0.1) is 0 Å². The molecule has 12 nitrogen and oxygen atoms in total. The normalized spacial score (nSPS) is 12.0. The number of hydrogen-bond donors (Lipinski definition) is 0. The van der Waals surface area contributed by atoms with Crippen LogP contribution < -0.4 is 14.2 Å². The summed E-state index contributed by atoms with van der Waals surface area (Å²) < 4.78 is 70.6. The van der Waals surface area contributed by atoms with E-state index in [4.69, 9.17) is 33.2 Å². The van der Waals surface area contributed by atoms with Crippen LogP contribution in [-0.2, 0) is 41.2 Å². The molecule has 1 aromatic carbocycles. The van der Waals surface area contributed by atoms with Gasteiger partial charge in [0.05, 0.1) is 92.0 Å². The van der Waals surface area contributed by atoms with Crippen LogP contribution in [0.5, 0.6) is 17.2 Å². The first-order valence-electron chi connectivity index (χ1n) is 27.6. The van der Waals surface area contributed by atoms with E-state index in [1.165, 1.54) is 173 Å². The molecule has 0 amide bonds. The second-order valence-electron chi connectivity index (χ2n) is 18.4. The molecule has 1 unspecified atom stereocenters. The Hall–Kier alpha value is -2.28. The predicted molar refractivity (Wildman–Crippen MR) is 276 cm³/mol. The lowest BCUT2D eigenvalue weighted by Crippen LogP contribution is -2.12. The molecule has 1 atom stereocenters. The van der Waals surface area contributed by atoms with Gasteiger partial charge in [0, 0.05) is 0 Å². The Kier molecular flexibility index (Phi) is 42.8. The molecule has 2 aromatic rings. The van der Waals surface area contributed by atoms with E-state index in [2.05, 4.69) is 47.7 Å². The van der Waals surface area contributed by atoms with Crippen LogP contribution in [0.2, 0.25) is 0 Å². The summed E-state index contributed by atoms with van der Waals surface area (Å²) in [5, 5.41) is 8.81. The number of ether oxygens (including phenoxy) is 7. The molecule has 1 aromatic heterocycles. The fourth-order valence-electron chi connectivity index (χ4n) is 8.07. The Morgan fingerprint density at radius 1 is 0.456 bits per heavy atom. The van der Waals surface area contributed by atoms with E-state index in [9.17, 15) is 8.76 Å². The second-order valence-corrected chi connectivity index (χ2v) is 19.2. The van der Waals surface area contributed by atoms with Gasteiger partial charge in [0.25, 0.3) is 0 Å². The van der Waals surface area contributed by atoms with Crippen molar-refractivity contribution in [2.75, 3.05) is 72.7 Å². The molecule has 0 aliphatic heterocycles. The van der Waals surface area contributed by atoms with Gasteiger partial charge in [-0.2, -0.15) is 4.20 Å². The third kappa shape index (κ3) is 36.6. The molecule has 0 N–H and O–H groups in total. The Bertz CT molecular complexity index is 1380. The summed E-state index contributed by atoms with van der Waals surface area (Å²) in [6.45, 7) is 12.1. The highest BCUT2D eigenvalue weighted by Crippen LogP contribution is 2.40. The number of benzene rings is 1. The highest BCUT2D eigenvalue weighted by atomic mass is 31.2. The maximum Gasteiger partial charge on any atom is 0.356 e. The smallest absolute Gasteiger partial charge is 0.356 e. The van der Waals surface area contributed by atoms with Crippen LogP contribution in [0.3, 0.4) is 0 Å². The lowest BCUT2D eigenvalue weighted by Gasteiger charge is -2.19. The van der Waals surface area contributed by atoms with E-state index in [0.717, 1.165) is 47.8 Å². The first-order valence-corrected chi connectivity index (χ1v) is 28.8. The van der Waals surface area contributed by atoms with Gasteiger partial charge < -0.3 is 37.7 Å². The molecule has 0 aliphatic carbocycles. The minimum Gasteiger partial charge on any atom is -0.490 e. The summed E-state index contributed by atoms with van der Waals surface area (Å²) in [4.78, 5) is 0. The fourth-order valence-corrected chi connectivity index (χ4v) is 8.32. The number of halogens is 1. The van der Waals surface area contributed by atoms with Crippen LogP contribution in [-0.4, -0.2) is 87.7 Å². The molecule has 68 heavy (non-hydrogen) atoms. The number of unbranched alkanes of at least 4 members (excludes halogenated alkanes) is 27. The van der Waals surface area contributed by atoms with Crippen LogP contribution >= 0.6 is 8.34 Å². The molecule has 1 heterocycles. The lowest BCUT2D eigenvalue weighted by molar-refractivity contribution is -0.00683. The SMILES string of the molecule is CCCCCCCCCCCCOc1cc(Cn2cc(COCCOCCOCCOCCO[PH](=O)F)nn2)cc(OCCCCCCCCCCCC)c1OCCCCCCCCCCCC. The van der Waals surface area contributed by atoms with Crippen molar-refractivity contribution in [3.8, 4) is 17.2 Å². The van der Waals surface area contributed by atoms with Gasteiger partial charge in [0.2, 0.25) is 5.75 Å². The summed E-state index contributed by atoms with van der Waals surface area (Å²) >= 11 is 0. The maximum absolute atomic E-state index is 12.2. The number of hydrogen-bond acceptors (Lipinski definition) is 11. The van der Waals surface area contributed by atoms with E-state index in [-0.39, 0.29) is 13.2 Å². The zero-order chi connectivity index (χ0) is 48.6. The van der Waals surface area contributed by atoms with Gasteiger partial charge in [-0.15, -0.1) is 5.10 Å². The highest BCUT2D eigenvalue weighted by molar-refractivity contribution is 7.32. The first kappa shape index (κ1) is 61.8.